The van der Waals surface area contributed by atoms with Crippen LogP contribution in [0.5, 0.6) is 0 Å². The molecule has 1 saturated heterocycles. The molecular formula is C13H22N2O4. The normalized spacial score (nSPS) is 29.9. The van der Waals surface area contributed by atoms with Gasteiger partial charge in [-0.25, -0.2) is 0 Å². The molecule has 0 spiro atoms. The molecule has 1 aliphatic carbocycles. The van der Waals surface area contributed by atoms with E-state index in [-0.39, 0.29) is 25.5 Å². The van der Waals surface area contributed by atoms with Crippen molar-refractivity contribution in [3.8, 4) is 0 Å². The minimum atomic E-state index is -0.928. The molecule has 2 fully saturated rings. The molecule has 6 nitrogen and oxygen atoms in total. The number of rotatable bonds is 4. The summed E-state index contributed by atoms with van der Waals surface area (Å²) >= 11 is 0. The zero-order chi connectivity index (χ0) is 13.9. The number of nitrogens with one attached hydrogen (secondary N) is 1. The van der Waals surface area contributed by atoms with Crippen LogP contribution < -0.4 is 11.1 Å². The highest BCUT2D eigenvalue weighted by Gasteiger charge is 2.37. The molecule has 1 saturated carbocycles. The fourth-order valence-electron chi connectivity index (χ4n) is 2.95. The lowest BCUT2D eigenvalue weighted by Crippen LogP contribution is -2.49. The number of nitrogens with two attached hydrogens (primary N) is 1. The standard InChI is InChI=1S/C13H22N2O4/c14-13(4-2-1-3-5-13)6-11(16)15-10-8-19-7-9(10)12(17)18/h9-10H,1-8,14H2,(H,15,16)(H,17,18). The molecule has 4 N–H and O–H groups in total. The Bertz CT molecular complexity index is 353. The molecule has 0 aromatic heterocycles. The summed E-state index contributed by atoms with van der Waals surface area (Å²) in [7, 11) is 0. The zero-order valence-electron chi connectivity index (χ0n) is 11.1. The number of hydrogen-bond acceptors (Lipinski definition) is 4. The van der Waals surface area contributed by atoms with Gasteiger partial charge in [-0.3, -0.25) is 9.59 Å². The second-order valence-electron chi connectivity index (χ2n) is 5.76. The summed E-state index contributed by atoms with van der Waals surface area (Å²) in [5.74, 6) is -1.74. The molecule has 108 valence electrons. The Hall–Kier alpha value is -1.14. The van der Waals surface area contributed by atoms with Crippen LogP contribution in [0.1, 0.15) is 38.5 Å². The SMILES string of the molecule is NC1(CC(=O)NC2COCC2C(=O)O)CCCCC1. The van der Waals surface area contributed by atoms with Crippen LogP contribution in [0.4, 0.5) is 0 Å². The van der Waals surface area contributed by atoms with Crippen LogP contribution in [-0.4, -0.2) is 41.8 Å². The maximum Gasteiger partial charge on any atom is 0.311 e. The van der Waals surface area contributed by atoms with E-state index in [0.717, 1.165) is 25.7 Å². The first-order valence-corrected chi connectivity index (χ1v) is 6.89. The molecule has 0 radical (unpaired) electrons. The Morgan fingerprint density at radius 3 is 2.58 bits per heavy atom. The van der Waals surface area contributed by atoms with Gasteiger partial charge in [-0.2, -0.15) is 0 Å². The number of amides is 1. The van der Waals surface area contributed by atoms with Gasteiger partial charge in [0.05, 0.1) is 19.3 Å². The van der Waals surface area contributed by atoms with E-state index >= 15 is 0 Å². The molecule has 19 heavy (non-hydrogen) atoms. The smallest absolute Gasteiger partial charge is 0.311 e. The minimum Gasteiger partial charge on any atom is -0.481 e. The van der Waals surface area contributed by atoms with Gasteiger partial charge in [0, 0.05) is 12.0 Å². The highest BCUT2D eigenvalue weighted by Crippen LogP contribution is 2.28. The van der Waals surface area contributed by atoms with Crippen LogP contribution in [0.2, 0.25) is 0 Å². The molecule has 0 bridgehead atoms. The monoisotopic (exact) mass is 270 g/mol. The second-order valence-corrected chi connectivity index (χ2v) is 5.76. The first-order chi connectivity index (χ1) is 9.00. The summed E-state index contributed by atoms with van der Waals surface area (Å²) in [5.41, 5.74) is 5.80. The Morgan fingerprint density at radius 1 is 1.26 bits per heavy atom. The van der Waals surface area contributed by atoms with Crippen molar-refractivity contribution < 1.29 is 19.4 Å². The van der Waals surface area contributed by atoms with Crippen molar-refractivity contribution in [1.29, 1.82) is 0 Å². The van der Waals surface area contributed by atoms with E-state index in [4.69, 9.17) is 15.6 Å². The summed E-state index contributed by atoms with van der Waals surface area (Å²) in [6.07, 6.45) is 5.31. The Morgan fingerprint density at radius 2 is 1.95 bits per heavy atom. The molecule has 1 heterocycles. The highest BCUT2D eigenvalue weighted by atomic mass is 16.5. The van der Waals surface area contributed by atoms with E-state index in [1.807, 2.05) is 0 Å². The van der Waals surface area contributed by atoms with Gasteiger partial charge >= 0.3 is 5.97 Å². The predicted octanol–water partition coefficient (Wildman–Crippen LogP) is 0.254. The van der Waals surface area contributed by atoms with Gasteiger partial charge in [0.1, 0.15) is 5.92 Å². The van der Waals surface area contributed by atoms with Gasteiger partial charge < -0.3 is 20.9 Å². The topological polar surface area (TPSA) is 102 Å². The first kappa shape index (κ1) is 14.3. The quantitative estimate of drug-likeness (QED) is 0.680. The predicted molar refractivity (Wildman–Crippen MR) is 68.5 cm³/mol. The van der Waals surface area contributed by atoms with Crippen LogP contribution in [-0.2, 0) is 14.3 Å². The summed E-state index contributed by atoms with van der Waals surface area (Å²) in [4.78, 5) is 23.0. The van der Waals surface area contributed by atoms with E-state index in [0.29, 0.717) is 0 Å². The lowest BCUT2D eigenvalue weighted by atomic mass is 9.80. The van der Waals surface area contributed by atoms with E-state index in [9.17, 15) is 9.59 Å². The van der Waals surface area contributed by atoms with Gasteiger partial charge in [0.25, 0.3) is 0 Å². The van der Waals surface area contributed by atoms with E-state index < -0.39 is 23.5 Å². The number of carboxylic acids is 1. The molecular weight excluding hydrogens is 248 g/mol. The van der Waals surface area contributed by atoms with Gasteiger partial charge in [-0.15, -0.1) is 0 Å². The third kappa shape index (κ3) is 3.67. The molecule has 6 heteroatoms. The second kappa shape index (κ2) is 5.88. The third-order valence-electron chi connectivity index (χ3n) is 4.11. The molecule has 2 atom stereocenters. The van der Waals surface area contributed by atoms with Gasteiger partial charge in [0.15, 0.2) is 0 Å². The van der Waals surface area contributed by atoms with Gasteiger partial charge in [-0.1, -0.05) is 19.3 Å². The van der Waals surface area contributed by atoms with Gasteiger partial charge in [0.2, 0.25) is 5.91 Å². The van der Waals surface area contributed by atoms with Crippen molar-refractivity contribution in [3.05, 3.63) is 0 Å². The van der Waals surface area contributed by atoms with E-state index in [1.165, 1.54) is 6.42 Å². The number of carbonyl (C=O) groups excluding carboxylic acids is 1. The molecule has 2 rings (SSSR count). The molecule has 0 aromatic carbocycles. The van der Waals surface area contributed by atoms with Crippen molar-refractivity contribution in [2.75, 3.05) is 13.2 Å². The number of ether oxygens (including phenoxy) is 1. The Balaban J connectivity index is 1.85. The van der Waals surface area contributed by atoms with Crippen LogP contribution in [0.25, 0.3) is 0 Å². The average molecular weight is 270 g/mol. The number of aliphatic carboxylic acids is 1. The summed E-state index contributed by atoms with van der Waals surface area (Å²) in [6, 6.07) is -0.433. The van der Waals surface area contributed by atoms with E-state index in [1.54, 1.807) is 0 Å². The fourth-order valence-corrected chi connectivity index (χ4v) is 2.95. The first-order valence-electron chi connectivity index (χ1n) is 6.89. The lowest BCUT2D eigenvalue weighted by molar-refractivity contribution is -0.142. The number of carbonyl (C=O) groups is 2. The Labute approximate surface area is 112 Å². The van der Waals surface area contributed by atoms with Crippen LogP contribution in [0.3, 0.4) is 0 Å². The minimum absolute atomic E-state index is 0.161. The Kier molecular flexibility index (Phi) is 4.42. The maximum absolute atomic E-state index is 12.0. The molecule has 2 unspecified atom stereocenters. The third-order valence-corrected chi connectivity index (χ3v) is 4.11. The molecule has 1 aliphatic heterocycles. The number of carboxylic acid groups (broad SMARTS) is 1. The van der Waals surface area contributed by atoms with E-state index in [2.05, 4.69) is 5.32 Å². The van der Waals surface area contributed by atoms with Crippen molar-refractivity contribution in [2.45, 2.75) is 50.1 Å². The van der Waals surface area contributed by atoms with Crippen molar-refractivity contribution >= 4 is 11.9 Å². The molecule has 1 amide bonds. The van der Waals surface area contributed by atoms with Gasteiger partial charge in [-0.05, 0) is 12.8 Å². The van der Waals surface area contributed by atoms with Crippen molar-refractivity contribution in [1.82, 2.24) is 5.32 Å². The molecule has 2 aliphatic rings. The number of hydrogen-bond donors (Lipinski definition) is 3. The summed E-state index contributed by atoms with van der Waals surface area (Å²) in [5, 5.41) is 11.8. The zero-order valence-corrected chi connectivity index (χ0v) is 11.1. The average Bonchev–Trinajstić information content (AvgIpc) is 2.77. The fraction of sp³-hybridized carbons (Fsp3) is 0.846. The van der Waals surface area contributed by atoms with Crippen LogP contribution in [0, 0.1) is 5.92 Å². The summed E-state index contributed by atoms with van der Waals surface area (Å²) < 4.78 is 5.12. The van der Waals surface area contributed by atoms with Crippen LogP contribution in [0.15, 0.2) is 0 Å². The van der Waals surface area contributed by atoms with Crippen molar-refractivity contribution in [3.63, 3.8) is 0 Å². The van der Waals surface area contributed by atoms with Crippen LogP contribution >= 0.6 is 0 Å². The maximum atomic E-state index is 12.0. The molecule has 0 aromatic rings. The van der Waals surface area contributed by atoms with Crippen molar-refractivity contribution in [2.24, 2.45) is 11.7 Å². The largest absolute Gasteiger partial charge is 0.481 e. The highest BCUT2D eigenvalue weighted by molar-refractivity contribution is 5.79. The lowest BCUT2D eigenvalue weighted by Gasteiger charge is -2.33. The summed E-state index contributed by atoms with van der Waals surface area (Å²) in [6.45, 7) is 0.425.